The van der Waals surface area contributed by atoms with Gasteiger partial charge in [0, 0.05) is 64.7 Å². The second-order valence-corrected chi connectivity index (χ2v) is 15.3. The van der Waals surface area contributed by atoms with E-state index in [1.807, 2.05) is 25.1 Å². The van der Waals surface area contributed by atoms with E-state index in [1.165, 1.54) is 0 Å². The largest absolute Gasteiger partial charge is 0.458 e. The zero-order valence-corrected chi connectivity index (χ0v) is 29.2. The first-order chi connectivity index (χ1) is 21.7. The number of carbonyl (C=O) groups is 3. The Balaban J connectivity index is 1.21. The maximum absolute atomic E-state index is 13.7. The first kappa shape index (κ1) is 35.2. The topological polar surface area (TPSA) is 159 Å². The molecule has 5 rings (SSSR count). The summed E-state index contributed by atoms with van der Waals surface area (Å²) < 4.78 is 5.40. The summed E-state index contributed by atoms with van der Waals surface area (Å²) in [4.78, 5) is 40.7. The van der Waals surface area contributed by atoms with E-state index in [4.69, 9.17) is 27.8 Å². The SMILES string of the molecule is CC12C[C@@H]([OH2+])[C@@H]3[C@](N)(CCC4=CC(=O)C=C[C@]43C)[C@@]1(N)CC[C@@]2(O)C(=O)COC(=O)CCCc1ccc(N(CCCl)CCBr)cc1. The molecule has 4 aliphatic carbocycles. The average molecular weight is 722 g/mol. The molecule has 4 aliphatic rings. The van der Waals surface area contributed by atoms with E-state index in [0.29, 0.717) is 38.0 Å². The number of halogens is 2. The van der Waals surface area contributed by atoms with E-state index >= 15 is 0 Å². The number of aryl methyl sites for hydroxylation is 1. The number of hydrogen-bond donors (Lipinski definition) is 3. The van der Waals surface area contributed by atoms with E-state index < -0.39 is 57.9 Å². The summed E-state index contributed by atoms with van der Waals surface area (Å²) >= 11 is 9.42. The molecule has 11 heteroatoms. The first-order valence-corrected chi connectivity index (χ1v) is 17.9. The number of aliphatic hydroxyl groups is 1. The molecule has 0 saturated heterocycles. The highest BCUT2D eigenvalue weighted by atomic mass is 79.9. The molecule has 7 N–H and O–H groups in total. The lowest BCUT2D eigenvalue weighted by Gasteiger charge is -2.67. The molecule has 0 heterocycles. The Kier molecular flexibility index (Phi) is 10.0. The summed E-state index contributed by atoms with van der Waals surface area (Å²) in [5.74, 6) is -1.02. The monoisotopic (exact) mass is 720 g/mol. The van der Waals surface area contributed by atoms with Crippen LogP contribution in [-0.4, -0.2) is 81.4 Å². The summed E-state index contributed by atoms with van der Waals surface area (Å²) in [5, 5.41) is 22.2. The van der Waals surface area contributed by atoms with Crippen LogP contribution in [0.3, 0.4) is 0 Å². The van der Waals surface area contributed by atoms with Crippen molar-refractivity contribution in [3.05, 3.63) is 53.6 Å². The number of nitrogens with zero attached hydrogens (tertiary/aromatic N) is 1. The third-order valence-corrected chi connectivity index (χ3v) is 12.5. The summed E-state index contributed by atoms with van der Waals surface area (Å²) in [6.45, 7) is 4.85. The molecule has 3 fully saturated rings. The predicted molar refractivity (Wildman–Crippen MR) is 183 cm³/mol. The van der Waals surface area contributed by atoms with E-state index in [-0.39, 0.29) is 25.0 Å². The fourth-order valence-electron chi connectivity index (χ4n) is 9.32. The molecule has 9 nitrogen and oxygen atoms in total. The lowest BCUT2D eigenvalue weighted by atomic mass is 9.40. The van der Waals surface area contributed by atoms with E-state index in [1.54, 1.807) is 19.1 Å². The molecule has 1 unspecified atom stereocenters. The van der Waals surface area contributed by atoms with E-state index in [9.17, 15) is 24.6 Å². The van der Waals surface area contributed by atoms with Gasteiger partial charge >= 0.3 is 5.97 Å². The maximum atomic E-state index is 13.7. The Morgan fingerprint density at radius 1 is 1.15 bits per heavy atom. The molecule has 0 spiro atoms. The number of allylic oxidation sites excluding steroid dienone is 4. The molecule has 7 atom stereocenters. The van der Waals surface area contributed by atoms with Gasteiger partial charge in [-0.3, -0.25) is 14.4 Å². The van der Waals surface area contributed by atoms with Crippen LogP contribution < -0.4 is 16.4 Å². The zero-order chi connectivity index (χ0) is 33.5. The van der Waals surface area contributed by atoms with Crippen molar-refractivity contribution in [2.45, 2.75) is 88.0 Å². The van der Waals surface area contributed by atoms with Gasteiger partial charge in [-0.1, -0.05) is 53.6 Å². The Morgan fingerprint density at radius 2 is 1.87 bits per heavy atom. The van der Waals surface area contributed by atoms with Gasteiger partial charge < -0.3 is 31.3 Å². The van der Waals surface area contributed by atoms with Gasteiger partial charge in [0.1, 0.15) is 5.60 Å². The van der Waals surface area contributed by atoms with E-state index in [0.717, 1.165) is 35.2 Å². The van der Waals surface area contributed by atoms with Gasteiger partial charge in [-0.2, -0.15) is 0 Å². The van der Waals surface area contributed by atoms with Gasteiger partial charge in [0.15, 0.2) is 18.5 Å². The van der Waals surface area contributed by atoms with Gasteiger partial charge in [-0.15, -0.1) is 11.6 Å². The van der Waals surface area contributed by atoms with Crippen molar-refractivity contribution in [2.75, 3.05) is 35.8 Å². The minimum absolute atomic E-state index is 0.0676. The van der Waals surface area contributed by atoms with Crippen molar-refractivity contribution in [1.29, 1.82) is 0 Å². The molecular formula is C35H48BrClN3O6+. The average Bonchev–Trinajstić information content (AvgIpc) is 3.23. The molecule has 0 aliphatic heterocycles. The molecule has 1 aromatic rings. The van der Waals surface area contributed by atoms with Crippen LogP contribution in [0.25, 0.3) is 0 Å². The van der Waals surface area contributed by atoms with Crippen LogP contribution in [0.4, 0.5) is 5.69 Å². The van der Waals surface area contributed by atoms with Crippen molar-refractivity contribution in [3.63, 3.8) is 0 Å². The Hall–Kier alpha value is -2.08. The molecular weight excluding hydrogens is 674 g/mol. The summed E-state index contributed by atoms with van der Waals surface area (Å²) in [6.07, 6.45) is 7.25. The third-order valence-electron chi connectivity index (χ3n) is 11.9. The number of hydrogen-bond acceptors (Lipinski definition) is 8. The fraction of sp³-hybridized carbons (Fsp3) is 0.629. The predicted octanol–water partition coefficient (Wildman–Crippen LogP) is 3.47. The van der Waals surface area contributed by atoms with Crippen LogP contribution in [0.2, 0.25) is 0 Å². The molecule has 46 heavy (non-hydrogen) atoms. The van der Waals surface area contributed by atoms with Crippen LogP contribution in [0.1, 0.15) is 64.4 Å². The third kappa shape index (κ3) is 5.60. The van der Waals surface area contributed by atoms with Crippen molar-refractivity contribution in [2.24, 2.45) is 28.2 Å². The van der Waals surface area contributed by atoms with Gasteiger partial charge in [0.25, 0.3) is 0 Å². The number of ketones is 2. The number of nitrogens with two attached hydrogens (primary N) is 2. The van der Waals surface area contributed by atoms with Crippen molar-refractivity contribution in [1.82, 2.24) is 0 Å². The summed E-state index contributed by atoms with van der Waals surface area (Å²) in [5.41, 5.74) is 11.8. The quantitative estimate of drug-likeness (QED) is 0.168. The number of benzene rings is 1. The smallest absolute Gasteiger partial charge is 0.306 e. The zero-order valence-electron chi connectivity index (χ0n) is 26.8. The number of alkyl halides is 2. The Bertz CT molecular complexity index is 1420. The van der Waals surface area contributed by atoms with Crippen molar-refractivity contribution < 1.29 is 29.3 Å². The molecule has 3 saturated carbocycles. The van der Waals surface area contributed by atoms with Crippen LogP contribution >= 0.6 is 27.5 Å². The number of ether oxygens (including phenoxy) is 1. The van der Waals surface area contributed by atoms with Crippen molar-refractivity contribution in [3.8, 4) is 0 Å². The summed E-state index contributed by atoms with van der Waals surface area (Å²) in [7, 11) is 0. The highest BCUT2D eigenvalue weighted by Gasteiger charge is 2.79. The minimum atomic E-state index is -1.89. The summed E-state index contributed by atoms with van der Waals surface area (Å²) in [6, 6.07) is 8.19. The Morgan fingerprint density at radius 3 is 2.54 bits per heavy atom. The number of carbonyl (C=O) groups excluding carboxylic acids is 3. The normalized spacial score (nSPS) is 36.3. The minimum Gasteiger partial charge on any atom is -0.458 e. The van der Waals surface area contributed by atoms with E-state index in [2.05, 4.69) is 33.0 Å². The maximum Gasteiger partial charge on any atom is 0.306 e. The number of rotatable bonds is 12. The number of esters is 1. The molecule has 0 radical (unpaired) electrons. The van der Waals surface area contributed by atoms with Crippen LogP contribution in [0.5, 0.6) is 0 Å². The molecule has 1 aromatic carbocycles. The number of fused-ring (bicyclic) bond motifs is 5. The fourth-order valence-corrected chi connectivity index (χ4v) is 9.95. The van der Waals surface area contributed by atoms with Crippen LogP contribution in [0.15, 0.2) is 48.1 Å². The van der Waals surface area contributed by atoms with Crippen LogP contribution in [-0.2, 0) is 25.5 Å². The highest BCUT2D eigenvalue weighted by Crippen LogP contribution is 2.68. The van der Waals surface area contributed by atoms with Crippen molar-refractivity contribution >= 4 is 50.8 Å². The van der Waals surface area contributed by atoms with Crippen LogP contribution in [0, 0.1) is 16.7 Å². The van der Waals surface area contributed by atoms with Gasteiger partial charge in [-0.25, -0.2) is 0 Å². The van der Waals surface area contributed by atoms with Gasteiger partial charge in [-0.05, 0) is 68.4 Å². The molecule has 252 valence electrons. The molecule has 0 bridgehead atoms. The Labute approximate surface area is 284 Å². The van der Waals surface area contributed by atoms with Gasteiger partial charge in [0.2, 0.25) is 5.78 Å². The number of anilines is 1. The highest BCUT2D eigenvalue weighted by molar-refractivity contribution is 9.09. The first-order valence-electron chi connectivity index (χ1n) is 16.3. The number of Topliss-reactive ketones (excluding diaryl/α,β-unsaturated/α-hetero) is 1. The van der Waals surface area contributed by atoms with Gasteiger partial charge in [0.05, 0.1) is 5.92 Å². The second-order valence-electron chi connectivity index (χ2n) is 14.1. The lowest BCUT2D eigenvalue weighted by Crippen LogP contribution is -2.83. The standard InChI is InChI=1S/C35H47BrClN3O6/c1-31-12-11-26(41)20-24(31)10-13-33(38)30(31)27(42)21-32(2)34(45,14-15-35(32,33)39)28(43)22-46-29(44)5-3-4-23-6-8-25(9-7-23)40(18-16-36)19-17-37/h6-9,11-12,20,27,30,42,45H,3-5,10,13-19,21-22,38-39H2,1-2H3/p+1/t27-,30+,31-,32?,33-,34-,35-/m1/s1. The molecule has 0 amide bonds. The molecule has 0 aromatic heterocycles. The second kappa shape index (κ2) is 13.1. The lowest BCUT2D eigenvalue weighted by molar-refractivity contribution is -0.191.